The molecule has 0 aromatic rings. The van der Waals surface area contributed by atoms with Crippen molar-refractivity contribution in [2.45, 2.75) is 335 Å². The van der Waals surface area contributed by atoms with Crippen LogP contribution in [0.15, 0.2) is 97.2 Å². The van der Waals surface area contributed by atoms with Crippen LogP contribution < -0.4 is 0 Å². The van der Waals surface area contributed by atoms with Crippen LogP contribution in [0.2, 0.25) is 0 Å². The van der Waals surface area contributed by atoms with E-state index in [1.165, 1.54) is 167 Å². The van der Waals surface area contributed by atoms with Gasteiger partial charge in [0.25, 0.3) is 0 Å². The highest BCUT2D eigenvalue weighted by Crippen LogP contribution is 2.17. The minimum Gasteiger partial charge on any atom is -0.462 e. The summed E-state index contributed by atoms with van der Waals surface area (Å²) >= 11 is 0. The average Bonchev–Trinajstić information content (AvgIpc) is 3.45. The van der Waals surface area contributed by atoms with Crippen LogP contribution in [-0.4, -0.2) is 37.2 Å². The predicted molar refractivity (Wildman–Crippen MR) is 344 cm³/mol. The van der Waals surface area contributed by atoms with Crippen molar-refractivity contribution in [2.24, 2.45) is 0 Å². The maximum Gasteiger partial charge on any atom is 0.306 e. The molecule has 0 N–H and O–H groups in total. The lowest BCUT2D eigenvalue weighted by atomic mass is 10.0. The minimum atomic E-state index is -0.779. The van der Waals surface area contributed by atoms with Crippen LogP contribution in [0, 0.1) is 0 Å². The Kier molecular flexibility index (Phi) is 63.7. The van der Waals surface area contributed by atoms with Gasteiger partial charge in [-0.1, -0.05) is 304 Å². The van der Waals surface area contributed by atoms with Crippen LogP contribution in [0.5, 0.6) is 0 Å². The molecule has 1 unspecified atom stereocenters. The third kappa shape index (κ3) is 65.0. The van der Waals surface area contributed by atoms with Gasteiger partial charge >= 0.3 is 17.9 Å². The Labute approximate surface area is 489 Å². The summed E-state index contributed by atoms with van der Waals surface area (Å²) in [4.78, 5) is 37.9. The summed E-state index contributed by atoms with van der Waals surface area (Å²) in [6, 6.07) is 0. The molecule has 0 aromatic carbocycles. The van der Waals surface area contributed by atoms with Crippen molar-refractivity contribution < 1.29 is 28.6 Å². The van der Waals surface area contributed by atoms with Crippen molar-refractivity contribution in [1.82, 2.24) is 0 Å². The lowest BCUT2D eigenvalue weighted by Gasteiger charge is -2.18. The van der Waals surface area contributed by atoms with Gasteiger partial charge in [-0.15, -0.1) is 0 Å². The SMILES string of the molecule is CC/C=C\C/C=C\C/C=C\C/C=C\C/C=C\CCCCCCCCCCCCCCCCCCCCCC(=O)OCC(COC(=O)CCCCCCC)OC(=O)CCCCCCCC/C=C\C/C=C\C/C=C\CCCCCCC. The first kappa shape index (κ1) is 75.3. The maximum atomic E-state index is 12.8. The molecular weight excluding hydrogens is 973 g/mol. The maximum absolute atomic E-state index is 12.8. The highest BCUT2D eigenvalue weighted by Gasteiger charge is 2.19. The zero-order chi connectivity index (χ0) is 57.1. The summed E-state index contributed by atoms with van der Waals surface area (Å²) < 4.78 is 16.8. The topological polar surface area (TPSA) is 78.9 Å². The number of allylic oxidation sites excluding steroid dienone is 16. The molecule has 0 rings (SSSR count). The van der Waals surface area contributed by atoms with Gasteiger partial charge in [-0.25, -0.2) is 0 Å². The first-order valence-corrected chi connectivity index (χ1v) is 33.7. The standard InChI is InChI=1S/C73H126O6/c1-4-7-10-13-15-17-19-21-23-25-27-29-30-31-32-33-34-35-36-37-38-39-40-41-42-44-45-47-49-51-53-55-57-60-63-66-72(75)78-69-70(68-77-71(74)65-62-59-12-9-6-3)79-73(76)67-64-61-58-56-54-52-50-48-46-43-28-26-24-22-20-18-16-14-11-8-5-2/h7,10,15,17,20-23,26-29,31-32,46,48,70H,4-6,8-9,11-14,16,18-19,24-25,30,33-45,47,49-69H2,1-3H3/b10-7-,17-15-,22-20-,23-21-,28-26-,29-27-,32-31-,48-46-. The number of ether oxygens (including phenoxy) is 3. The number of carbonyl (C=O) groups excluding carboxylic acids is 3. The quantitative estimate of drug-likeness (QED) is 0.0261. The van der Waals surface area contributed by atoms with Crippen LogP contribution in [0.25, 0.3) is 0 Å². The summed E-state index contributed by atoms with van der Waals surface area (Å²) in [5, 5.41) is 0. The molecule has 0 heterocycles. The van der Waals surface area contributed by atoms with E-state index in [0.717, 1.165) is 122 Å². The van der Waals surface area contributed by atoms with Gasteiger partial charge in [0.2, 0.25) is 0 Å². The summed E-state index contributed by atoms with van der Waals surface area (Å²) in [6.45, 7) is 6.45. The highest BCUT2D eigenvalue weighted by atomic mass is 16.6. The average molecular weight is 1100 g/mol. The summed E-state index contributed by atoms with van der Waals surface area (Å²) in [6.07, 6.45) is 90.6. The van der Waals surface area contributed by atoms with E-state index in [0.29, 0.717) is 19.3 Å². The first-order chi connectivity index (χ1) is 39.0. The lowest BCUT2D eigenvalue weighted by molar-refractivity contribution is -0.167. The van der Waals surface area contributed by atoms with Crippen molar-refractivity contribution in [3.05, 3.63) is 97.2 Å². The fraction of sp³-hybridized carbons (Fsp3) is 0.740. The van der Waals surface area contributed by atoms with E-state index < -0.39 is 6.10 Å². The van der Waals surface area contributed by atoms with Gasteiger partial charge in [-0.3, -0.25) is 14.4 Å². The van der Waals surface area contributed by atoms with Gasteiger partial charge in [0.1, 0.15) is 13.2 Å². The zero-order valence-corrected chi connectivity index (χ0v) is 52.1. The van der Waals surface area contributed by atoms with Crippen molar-refractivity contribution in [3.63, 3.8) is 0 Å². The predicted octanol–water partition coefficient (Wildman–Crippen LogP) is 23.2. The molecule has 6 heteroatoms. The van der Waals surface area contributed by atoms with Crippen LogP contribution >= 0.6 is 0 Å². The fourth-order valence-corrected chi connectivity index (χ4v) is 9.54. The monoisotopic (exact) mass is 1100 g/mol. The molecule has 0 radical (unpaired) electrons. The largest absolute Gasteiger partial charge is 0.462 e. The van der Waals surface area contributed by atoms with E-state index in [-0.39, 0.29) is 31.1 Å². The molecule has 0 aromatic heterocycles. The van der Waals surface area contributed by atoms with Gasteiger partial charge in [0.15, 0.2) is 6.10 Å². The fourth-order valence-electron chi connectivity index (χ4n) is 9.54. The summed E-state index contributed by atoms with van der Waals surface area (Å²) in [5.41, 5.74) is 0. The van der Waals surface area contributed by atoms with E-state index in [9.17, 15) is 14.4 Å². The number of esters is 3. The van der Waals surface area contributed by atoms with Gasteiger partial charge in [0, 0.05) is 19.3 Å². The molecule has 0 fully saturated rings. The minimum absolute atomic E-state index is 0.0793. The van der Waals surface area contributed by atoms with Crippen molar-refractivity contribution >= 4 is 17.9 Å². The van der Waals surface area contributed by atoms with Gasteiger partial charge in [-0.2, -0.15) is 0 Å². The van der Waals surface area contributed by atoms with Crippen LogP contribution in [0.3, 0.4) is 0 Å². The van der Waals surface area contributed by atoms with E-state index in [2.05, 4.69) is 118 Å². The van der Waals surface area contributed by atoms with Crippen molar-refractivity contribution in [1.29, 1.82) is 0 Å². The van der Waals surface area contributed by atoms with Gasteiger partial charge in [-0.05, 0) is 103 Å². The van der Waals surface area contributed by atoms with Crippen LogP contribution in [-0.2, 0) is 28.6 Å². The number of hydrogen-bond acceptors (Lipinski definition) is 6. The molecule has 0 saturated heterocycles. The van der Waals surface area contributed by atoms with Crippen LogP contribution in [0.1, 0.15) is 329 Å². The lowest BCUT2D eigenvalue weighted by Crippen LogP contribution is -2.30. The molecular formula is C73H126O6. The second-order valence-corrected chi connectivity index (χ2v) is 22.4. The molecule has 0 amide bonds. The second-order valence-electron chi connectivity index (χ2n) is 22.4. The Balaban J connectivity index is 3.96. The normalized spacial score (nSPS) is 12.7. The summed E-state index contributed by atoms with van der Waals surface area (Å²) in [7, 11) is 0. The Hall–Kier alpha value is -3.67. The first-order valence-electron chi connectivity index (χ1n) is 33.7. The third-order valence-electron chi connectivity index (χ3n) is 14.6. The smallest absolute Gasteiger partial charge is 0.306 e. The number of unbranched alkanes of at least 4 members (excludes halogenated alkanes) is 34. The van der Waals surface area contributed by atoms with E-state index in [1.54, 1.807) is 0 Å². The third-order valence-corrected chi connectivity index (χ3v) is 14.6. The molecule has 454 valence electrons. The van der Waals surface area contributed by atoms with Gasteiger partial charge < -0.3 is 14.2 Å². The van der Waals surface area contributed by atoms with Crippen molar-refractivity contribution in [3.8, 4) is 0 Å². The van der Waals surface area contributed by atoms with Gasteiger partial charge in [0.05, 0.1) is 0 Å². The Bertz CT molecular complexity index is 1540. The second kappa shape index (κ2) is 66.8. The molecule has 1 atom stereocenters. The Morgan fingerprint density at radius 3 is 0.772 bits per heavy atom. The molecule has 0 aliphatic rings. The zero-order valence-electron chi connectivity index (χ0n) is 52.1. The Morgan fingerprint density at radius 2 is 0.494 bits per heavy atom. The van der Waals surface area contributed by atoms with E-state index in [4.69, 9.17) is 14.2 Å². The summed E-state index contributed by atoms with van der Waals surface area (Å²) in [5.74, 6) is -0.894. The molecule has 0 aliphatic heterocycles. The molecule has 0 bridgehead atoms. The van der Waals surface area contributed by atoms with Crippen molar-refractivity contribution in [2.75, 3.05) is 13.2 Å². The Morgan fingerprint density at radius 1 is 0.266 bits per heavy atom. The number of carbonyl (C=O) groups is 3. The molecule has 0 aliphatic carbocycles. The highest BCUT2D eigenvalue weighted by molar-refractivity contribution is 5.71. The molecule has 0 saturated carbocycles. The van der Waals surface area contributed by atoms with E-state index >= 15 is 0 Å². The van der Waals surface area contributed by atoms with Crippen LogP contribution in [0.4, 0.5) is 0 Å². The molecule has 6 nitrogen and oxygen atoms in total. The van der Waals surface area contributed by atoms with E-state index in [1.807, 2.05) is 0 Å². The number of rotatable bonds is 61. The molecule has 0 spiro atoms. The number of hydrogen-bond donors (Lipinski definition) is 0. The molecule has 79 heavy (non-hydrogen) atoms.